The smallest absolute Gasteiger partial charge is 0.0925 e. The van der Waals surface area contributed by atoms with Gasteiger partial charge in [0.05, 0.1) is 17.7 Å². The summed E-state index contributed by atoms with van der Waals surface area (Å²) in [5.74, 6) is 0. The van der Waals surface area contributed by atoms with Gasteiger partial charge in [0.2, 0.25) is 0 Å². The van der Waals surface area contributed by atoms with E-state index in [2.05, 4.69) is 38.3 Å². The lowest BCUT2D eigenvalue weighted by atomic mass is 10.0. The Morgan fingerprint density at radius 1 is 1.47 bits per heavy atom. The van der Waals surface area contributed by atoms with Crippen molar-refractivity contribution in [1.82, 2.24) is 25.2 Å². The molecule has 1 aliphatic heterocycles. The van der Waals surface area contributed by atoms with Crippen molar-refractivity contribution in [3.63, 3.8) is 0 Å². The summed E-state index contributed by atoms with van der Waals surface area (Å²) in [4.78, 5) is 14.0. The van der Waals surface area contributed by atoms with Crippen molar-refractivity contribution in [3.05, 3.63) is 47.8 Å². The SMILES string of the molecule is CN(Cc1cccnc1)CC1Cc2nc[nH]c2CN1. The Morgan fingerprint density at radius 2 is 2.42 bits per heavy atom. The molecule has 5 heteroatoms. The fraction of sp³-hybridized carbons (Fsp3) is 0.429. The number of hydrogen-bond acceptors (Lipinski definition) is 4. The van der Waals surface area contributed by atoms with Crippen LogP contribution < -0.4 is 5.32 Å². The Balaban J connectivity index is 1.55. The summed E-state index contributed by atoms with van der Waals surface area (Å²) in [5.41, 5.74) is 3.69. The minimum Gasteiger partial charge on any atom is -0.347 e. The fourth-order valence-electron chi connectivity index (χ4n) is 2.60. The maximum atomic E-state index is 4.37. The molecule has 100 valence electrons. The number of nitrogens with zero attached hydrogens (tertiary/aromatic N) is 3. The highest BCUT2D eigenvalue weighted by molar-refractivity contribution is 5.16. The summed E-state index contributed by atoms with van der Waals surface area (Å²) >= 11 is 0. The number of nitrogens with one attached hydrogen (secondary N) is 2. The maximum absolute atomic E-state index is 4.37. The Hall–Kier alpha value is -1.72. The van der Waals surface area contributed by atoms with Crippen molar-refractivity contribution in [2.45, 2.75) is 25.6 Å². The number of aromatic amines is 1. The molecule has 1 atom stereocenters. The fourth-order valence-corrected chi connectivity index (χ4v) is 2.60. The number of H-pyrrole nitrogens is 1. The maximum Gasteiger partial charge on any atom is 0.0925 e. The van der Waals surface area contributed by atoms with Crippen LogP contribution in [0.25, 0.3) is 0 Å². The number of likely N-dealkylation sites (N-methyl/N-ethyl adjacent to an activating group) is 1. The first kappa shape index (κ1) is 12.3. The highest BCUT2D eigenvalue weighted by Gasteiger charge is 2.20. The average molecular weight is 257 g/mol. The molecule has 2 N–H and O–H groups in total. The van der Waals surface area contributed by atoms with Gasteiger partial charge in [-0.25, -0.2) is 4.98 Å². The van der Waals surface area contributed by atoms with Crippen LogP contribution in [-0.4, -0.2) is 39.5 Å². The van der Waals surface area contributed by atoms with Gasteiger partial charge in [0.15, 0.2) is 0 Å². The summed E-state index contributed by atoms with van der Waals surface area (Å²) < 4.78 is 0. The van der Waals surface area contributed by atoms with Crippen LogP contribution in [0.5, 0.6) is 0 Å². The van der Waals surface area contributed by atoms with Gasteiger partial charge < -0.3 is 15.2 Å². The quantitative estimate of drug-likeness (QED) is 0.856. The molecular weight excluding hydrogens is 238 g/mol. The first-order valence-electron chi connectivity index (χ1n) is 6.63. The molecule has 0 saturated carbocycles. The molecule has 0 saturated heterocycles. The lowest BCUT2D eigenvalue weighted by molar-refractivity contribution is 0.272. The molecule has 0 spiro atoms. The zero-order chi connectivity index (χ0) is 13.1. The molecule has 5 nitrogen and oxygen atoms in total. The van der Waals surface area contributed by atoms with E-state index in [4.69, 9.17) is 0 Å². The molecule has 3 heterocycles. The number of hydrogen-bond donors (Lipinski definition) is 2. The lowest BCUT2D eigenvalue weighted by Crippen LogP contribution is -2.43. The van der Waals surface area contributed by atoms with Crippen LogP contribution >= 0.6 is 0 Å². The number of imidazole rings is 1. The number of fused-ring (bicyclic) bond motifs is 1. The van der Waals surface area contributed by atoms with Gasteiger partial charge in [0.25, 0.3) is 0 Å². The Bertz CT molecular complexity index is 522. The molecule has 0 aromatic carbocycles. The Kier molecular flexibility index (Phi) is 3.57. The van der Waals surface area contributed by atoms with Crippen LogP contribution in [0.2, 0.25) is 0 Å². The lowest BCUT2D eigenvalue weighted by Gasteiger charge is -2.27. The van der Waals surface area contributed by atoms with E-state index < -0.39 is 0 Å². The third-order valence-electron chi connectivity index (χ3n) is 3.52. The third-order valence-corrected chi connectivity index (χ3v) is 3.52. The van der Waals surface area contributed by atoms with E-state index in [1.807, 2.05) is 18.5 Å². The molecule has 2 aromatic heterocycles. The van der Waals surface area contributed by atoms with Crippen molar-refractivity contribution >= 4 is 0 Å². The zero-order valence-corrected chi connectivity index (χ0v) is 11.1. The molecular formula is C14H19N5. The predicted molar refractivity (Wildman–Crippen MR) is 73.5 cm³/mol. The van der Waals surface area contributed by atoms with Gasteiger partial charge in [-0.05, 0) is 18.7 Å². The first-order chi connectivity index (χ1) is 9.31. The van der Waals surface area contributed by atoms with Crippen molar-refractivity contribution in [2.24, 2.45) is 0 Å². The van der Waals surface area contributed by atoms with E-state index in [-0.39, 0.29) is 0 Å². The summed E-state index contributed by atoms with van der Waals surface area (Å²) in [7, 11) is 2.15. The third kappa shape index (κ3) is 3.00. The topological polar surface area (TPSA) is 56.8 Å². The van der Waals surface area contributed by atoms with E-state index in [1.165, 1.54) is 17.0 Å². The molecule has 0 amide bonds. The number of pyridine rings is 1. The molecule has 0 fully saturated rings. The highest BCUT2D eigenvalue weighted by atomic mass is 15.1. The van der Waals surface area contributed by atoms with Crippen LogP contribution in [-0.2, 0) is 19.5 Å². The molecule has 1 unspecified atom stereocenters. The standard InChI is InChI=1S/C14H19N5/c1-19(8-11-3-2-4-15-6-11)9-12-5-13-14(7-16-12)18-10-17-13/h2-4,6,10,12,16H,5,7-9H2,1H3,(H,17,18). The summed E-state index contributed by atoms with van der Waals surface area (Å²) in [6.45, 7) is 2.83. The van der Waals surface area contributed by atoms with E-state index >= 15 is 0 Å². The van der Waals surface area contributed by atoms with E-state index in [1.54, 1.807) is 6.33 Å². The summed E-state index contributed by atoms with van der Waals surface area (Å²) in [6, 6.07) is 4.57. The van der Waals surface area contributed by atoms with Crippen molar-refractivity contribution in [3.8, 4) is 0 Å². The van der Waals surface area contributed by atoms with Gasteiger partial charge in [-0.1, -0.05) is 6.07 Å². The Morgan fingerprint density at radius 3 is 3.26 bits per heavy atom. The second-order valence-corrected chi connectivity index (χ2v) is 5.17. The predicted octanol–water partition coefficient (Wildman–Crippen LogP) is 0.951. The van der Waals surface area contributed by atoms with Gasteiger partial charge in [-0.15, -0.1) is 0 Å². The van der Waals surface area contributed by atoms with Crippen molar-refractivity contribution < 1.29 is 0 Å². The molecule has 0 bridgehead atoms. The minimum atomic E-state index is 0.470. The molecule has 0 aliphatic carbocycles. The minimum absolute atomic E-state index is 0.470. The first-order valence-corrected chi connectivity index (χ1v) is 6.63. The average Bonchev–Trinajstić information content (AvgIpc) is 2.87. The van der Waals surface area contributed by atoms with Crippen LogP contribution in [0, 0.1) is 0 Å². The van der Waals surface area contributed by atoms with Gasteiger partial charge in [-0.3, -0.25) is 4.98 Å². The summed E-state index contributed by atoms with van der Waals surface area (Å²) in [6.07, 6.45) is 6.52. The monoisotopic (exact) mass is 257 g/mol. The van der Waals surface area contributed by atoms with Crippen LogP contribution in [0.4, 0.5) is 0 Å². The second-order valence-electron chi connectivity index (χ2n) is 5.17. The van der Waals surface area contributed by atoms with Crippen molar-refractivity contribution in [2.75, 3.05) is 13.6 Å². The highest BCUT2D eigenvalue weighted by Crippen LogP contribution is 2.13. The largest absolute Gasteiger partial charge is 0.347 e. The van der Waals surface area contributed by atoms with Gasteiger partial charge in [0, 0.05) is 44.5 Å². The molecule has 19 heavy (non-hydrogen) atoms. The molecule has 1 aliphatic rings. The molecule has 0 radical (unpaired) electrons. The normalized spacial score (nSPS) is 18.5. The zero-order valence-electron chi connectivity index (χ0n) is 11.1. The number of aromatic nitrogens is 3. The van der Waals surface area contributed by atoms with Crippen molar-refractivity contribution in [1.29, 1.82) is 0 Å². The molecule has 3 rings (SSSR count). The van der Waals surface area contributed by atoms with Crippen LogP contribution in [0.3, 0.4) is 0 Å². The van der Waals surface area contributed by atoms with E-state index in [0.717, 1.165) is 26.1 Å². The van der Waals surface area contributed by atoms with Gasteiger partial charge in [0.1, 0.15) is 0 Å². The Labute approximate surface area is 113 Å². The summed E-state index contributed by atoms with van der Waals surface area (Å²) in [5, 5.41) is 3.55. The molecule has 2 aromatic rings. The van der Waals surface area contributed by atoms with Crippen LogP contribution in [0.1, 0.15) is 17.0 Å². The second kappa shape index (κ2) is 5.50. The van der Waals surface area contributed by atoms with Crippen LogP contribution in [0.15, 0.2) is 30.9 Å². The van der Waals surface area contributed by atoms with E-state index in [0.29, 0.717) is 6.04 Å². The van der Waals surface area contributed by atoms with E-state index in [9.17, 15) is 0 Å². The van der Waals surface area contributed by atoms with Gasteiger partial charge in [-0.2, -0.15) is 0 Å². The number of rotatable bonds is 4. The van der Waals surface area contributed by atoms with Gasteiger partial charge >= 0.3 is 0 Å².